The number of carbonyl (C=O) groups is 2. The number of piperidine rings is 1. The minimum atomic E-state index is -0.952. The minimum absolute atomic E-state index is 0.0616. The Balaban J connectivity index is 1.60. The second-order valence-corrected chi connectivity index (χ2v) is 8.03. The number of aromatic carboxylic acids is 1. The average molecular weight is 388 g/mol. The summed E-state index contributed by atoms with van der Waals surface area (Å²) in [7, 11) is 0. The highest BCUT2D eigenvalue weighted by Crippen LogP contribution is 2.25. The number of benzene rings is 1. The van der Waals surface area contributed by atoms with Gasteiger partial charge in [0.15, 0.2) is 0 Å². The number of nitrogens with zero attached hydrogens (tertiary/aromatic N) is 3. The molecular formula is C20H25N3O3S. The lowest BCUT2D eigenvalue weighted by molar-refractivity contribution is 0.0688. The van der Waals surface area contributed by atoms with Gasteiger partial charge >= 0.3 is 5.97 Å². The number of likely N-dealkylation sites (tertiary alicyclic amines) is 1. The zero-order valence-corrected chi connectivity index (χ0v) is 16.5. The predicted octanol–water partition coefficient (Wildman–Crippen LogP) is 3.62. The Morgan fingerprint density at radius 1 is 1.22 bits per heavy atom. The molecule has 2 heterocycles. The summed E-state index contributed by atoms with van der Waals surface area (Å²) in [5, 5.41) is 13.4. The molecule has 0 aliphatic carbocycles. The Hall–Kier alpha value is -2.28. The third-order valence-electron chi connectivity index (χ3n) is 5.05. The molecule has 1 fully saturated rings. The molecule has 1 amide bonds. The van der Waals surface area contributed by atoms with Crippen LogP contribution in [0.25, 0.3) is 0 Å². The molecule has 144 valence electrons. The minimum Gasteiger partial charge on any atom is -0.478 e. The Morgan fingerprint density at radius 2 is 1.89 bits per heavy atom. The standard InChI is InChI=1S/C20H25N3O3S/c1-3-27-13-15-4-6-16(7-5-15)19(24)22-10-8-17(9-11-22)23-14(2)18(12-21-23)20(25)26/h4-7,12,17H,3,8-11,13H2,1-2H3,(H,25,26). The van der Waals surface area contributed by atoms with Crippen LogP contribution < -0.4 is 0 Å². The van der Waals surface area contributed by atoms with Gasteiger partial charge in [0, 0.05) is 24.4 Å². The lowest BCUT2D eigenvalue weighted by Crippen LogP contribution is -2.39. The molecule has 6 nitrogen and oxygen atoms in total. The first kappa shape index (κ1) is 19.5. The Labute approximate surface area is 163 Å². The maximum absolute atomic E-state index is 12.7. The van der Waals surface area contributed by atoms with Crippen molar-refractivity contribution in [2.24, 2.45) is 0 Å². The van der Waals surface area contributed by atoms with E-state index in [9.17, 15) is 14.7 Å². The summed E-state index contributed by atoms with van der Waals surface area (Å²) < 4.78 is 1.80. The molecule has 1 saturated heterocycles. The summed E-state index contributed by atoms with van der Waals surface area (Å²) in [6.07, 6.45) is 2.96. The van der Waals surface area contributed by atoms with Gasteiger partial charge in [-0.2, -0.15) is 16.9 Å². The first-order chi connectivity index (χ1) is 13.0. The summed E-state index contributed by atoms with van der Waals surface area (Å²) in [5.41, 5.74) is 2.88. The number of hydrogen-bond acceptors (Lipinski definition) is 4. The van der Waals surface area contributed by atoms with Crippen LogP contribution in [0.5, 0.6) is 0 Å². The van der Waals surface area contributed by atoms with Crippen LogP contribution in [0.1, 0.15) is 57.8 Å². The number of thioether (sulfide) groups is 1. The van der Waals surface area contributed by atoms with Crippen LogP contribution in [-0.2, 0) is 5.75 Å². The van der Waals surface area contributed by atoms with E-state index in [2.05, 4.69) is 12.0 Å². The van der Waals surface area contributed by atoms with E-state index >= 15 is 0 Å². The van der Waals surface area contributed by atoms with Crippen molar-refractivity contribution in [3.8, 4) is 0 Å². The molecule has 27 heavy (non-hydrogen) atoms. The van der Waals surface area contributed by atoms with Crippen molar-refractivity contribution in [2.75, 3.05) is 18.8 Å². The molecule has 0 bridgehead atoms. The summed E-state index contributed by atoms with van der Waals surface area (Å²) in [6.45, 7) is 5.23. The maximum Gasteiger partial charge on any atom is 0.339 e. The zero-order valence-electron chi connectivity index (χ0n) is 15.7. The topological polar surface area (TPSA) is 75.4 Å². The summed E-state index contributed by atoms with van der Waals surface area (Å²) >= 11 is 1.87. The van der Waals surface area contributed by atoms with Gasteiger partial charge in [-0.05, 0) is 43.2 Å². The number of amides is 1. The van der Waals surface area contributed by atoms with E-state index in [0.717, 1.165) is 29.9 Å². The molecular weight excluding hydrogens is 362 g/mol. The van der Waals surface area contributed by atoms with Crippen molar-refractivity contribution in [1.82, 2.24) is 14.7 Å². The summed E-state index contributed by atoms with van der Waals surface area (Å²) in [4.78, 5) is 25.8. The van der Waals surface area contributed by atoms with Crippen molar-refractivity contribution in [1.29, 1.82) is 0 Å². The summed E-state index contributed by atoms with van der Waals surface area (Å²) in [6, 6.07) is 8.02. The van der Waals surface area contributed by atoms with Crippen molar-refractivity contribution in [3.05, 3.63) is 52.8 Å². The number of hydrogen-bond donors (Lipinski definition) is 1. The molecule has 7 heteroatoms. The molecule has 1 aliphatic rings. The second-order valence-electron chi connectivity index (χ2n) is 6.75. The van der Waals surface area contributed by atoms with Crippen LogP contribution in [0.4, 0.5) is 0 Å². The second kappa shape index (κ2) is 8.61. The van der Waals surface area contributed by atoms with Gasteiger partial charge in [0.05, 0.1) is 17.9 Å². The van der Waals surface area contributed by atoms with Gasteiger partial charge in [-0.3, -0.25) is 9.48 Å². The largest absolute Gasteiger partial charge is 0.478 e. The van der Waals surface area contributed by atoms with Crippen LogP contribution >= 0.6 is 11.8 Å². The van der Waals surface area contributed by atoms with Gasteiger partial charge in [-0.15, -0.1) is 0 Å². The SMILES string of the molecule is CCSCc1ccc(C(=O)N2CCC(n3ncc(C(=O)O)c3C)CC2)cc1. The van der Waals surface area contributed by atoms with Gasteiger partial charge in [-0.25, -0.2) is 4.79 Å². The van der Waals surface area contributed by atoms with Gasteiger partial charge in [-0.1, -0.05) is 19.1 Å². The van der Waals surface area contributed by atoms with E-state index in [-0.39, 0.29) is 17.5 Å². The van der Waals surface area contributed by atoms with Crippen LogP contribution in [0.15, 0.2) is 30.5 Å². The molecule has 1 aliphatic heterocycles. The fourth-order valence-corrected chi connectivity index (χ4v) is 4.09. The van der Waals surface area contributed by atoms with Gasteiger partial charge in [0.1, 0.15) is 5.56 Å². The number of carboxylic acid groups (broad SMARTS) is 1. The van der Waals surface area contributed by atoms with Crippen LogP contribution in [0.3, 0.4) is 0 Å². The molecule has 1 N–H and O–H groups in total. The molecule has 3 rings (SSSR count). The average Bonchev–Trinajstić information content (AvgIpc) is 3.08. The highest BCUT2D eigenvalue weighted by molar-refractivity contribution is 7.98. The number of carboxylic acids is 1. The van der Waals surface area contributed by atoms with E-state index in [4.69, 9.17) is 0 Å². The first-order valence-electron chi connectivity index (χ1n) is 9.24. The van der Waals surface area contributed by atoms with Crippen molar-refractivity contribution in [3.63, 3.8) is 0 Å². The molecule has 1 aromatic heterocycles. The molecule has 0 unspecified atom stereocenters. The lowest BCUT2D eigenvalue weighted by Gasteiger charge is -2.32. The van der Waals surface area contributed by atoms with Crippen LogP contribution in [0, 0.1) is 6.92 Å². The molecule has 1 aromatic carbocycles. The lowest BCUT2D eigenvalue weighted by atomic mass is 10.0. The number of rotatable bonds is 6. The third kappa shape index (κ3) is 4.35. The van der Waals surface area contributed by atoms with E-state index in [1.165, 1.54) is 11.8 Å². The van der Waals surface area contributed by atoms with Crippen molar-refractivity contribution >= 4 is 23.6 Å². The molecule has 0 saturated carbocycles. The van der Waals surface area contributed by atoms with E-state index in [1.54, 1.807) is 11.6 Å². The Morgan fingerprint density at radius 3 is 2.44 bits per heavy atom. The number of carbonyl (C=O) groups excluding carboxylic acids is 1. The van der Waals surface area contributed by atoms with Gasteiger partial charge < -0.3 is 10.0 Å². The third-order valence-corrected chi connectivity index (χ3v) is 5.99. The monoisotopic (exact) mass is 387 g/mol. The van der Waals surface area contributed by atoms with Crippen molar-refractivity contribution in [2.45, 2.75) is 38.5 Å². The van der Waals surface area contributed by atoms with Crippen molar-refractivity contribution < 1.29 is 14.7 Å². The Kier molecular flexibility index (Phi) is 6.21. The molecule has 0 spiro atoms. The summed E-state index contributed by atoms with van der Waals surface area (Å²) in [5.74, 6) is 1.16. The van der Waals surface area contributed by atoms with Gasteiger partial charge in [0.2, 0.25) is 0 Å². The smallest absolute Gasteiger partial charge is 0.339 e. The highest BCUT2D eigenvalue weighted by atomic mass is 32.2. The molecule has 0 radical (unpaired) electrons. The number of aromatic nitrogens is 2. The predicted molar refractivity (Wildman–Crippen MR) is 106 cm³/mol. The fraction of sp³-hybridized carbons (Fsp3) is 0.450. The molecule has 2 aromatic rings. The highest BCUT2D eigenvalue weighted by Gasteiger charge is 2.27. The van der Waals surface area contributed by atoms with Crippen LogP contribution in [0.2, 0.25) is 0 Å². The fourth-order valence-electron chi connectivity index (χ4n) is 3.46. The van der Waals surface area contributed by atoms with E-state index < -0.39 is 5.97 Å². The maximum atomic E-state index is 12.7. The molecule has 0 atom stereocenters. The normalized spacial score (nSPS) is 15.1. The zero-order chi connectivity index (χ0) is 19.4. The van der Waals surface area contributed by atoms with Gasteiger partial charge in [0.25, 0.3) is 5.91 Å². The first-order valence-corrected chi connectivity index (χ1v) is 10.4. The Bertz CT molecular complexity index is 808. The van der Waals surface area contributed by atoms with E-state index in [0.29, 0.717) is 18.8 Å². The van der Waals surface area contributed by atoms with Crippen LogP contribution in [-0.4, -0.2) is 50.5 Å². The quantitative estimate of drug-likeness (QED) is 0.819. The van der Waals surface area contributed by atoms with E-state index in [1.807, 2.05) is 40.9 Å².